The number of hydrogen-bond acceptors (Lipinski definition) is 4. The Bertz CT molecular complexity index is 523. The Morgan fingerprint density at radius 2 is 2.22 bits per heavy atom. The van der Waals surface area contributed by atoms with Crippen LogP contribution in [0.15, 0.2) is 23.1 Å². The second kappa shape index (κ2) is 5.95. The van der Waals surface area contributed by atoms with E-state index in [2.05, 4.69) is 49.3 Å². The van der Waals surface area contributed by atoms with Gasteiger partial charge in [0.05, 0.1) is 10.2 Å². The fraction of sp³-hybridized carbons (Fsp3) is 0.417. The SMILES string of the molecule is Cc1cc(C)n(CCCNc2ncncc2Br)n1. The number of aryl methyl sites for hydroxylation is 3. The van der Waals surface area contributed by atoms with E-state index in [1.807, 2.05) is 11.6 Å². The number of nitrogens with zero attached hydrogens (tertiary/aromatic N) is 4. The lowest BCUT2D eigenvalue weighted by atomic mass is 10.4. The molecule has 0 aliphatic rings. The summed E-state index contributed by atoms with van der Waals surface area (Å²) in [6, 6.07) is 2.09. The van der Waals surface area contributed by atoms with Crippen molar-refractivity contribution < 1.29 is 0 Å². The number of nitrogens with one attached hydrogen (secondary N) is 1. The van der Waals surface area contributed by atoms with Crippen molar-refractivity contribution in [1.29, 1.82) is 0 Å². The van der Waals surface area contributed by atoms with Crippen molar-refractivity contribution in [1.82, 2.24) is 19.7 Å². The van der Waals surface area contributed by atoms with Crippen molar-refractivity contribution >= 4 is 21.7 Å². The van der Waals surface area contributed by atoms with E-state index in [1.165, 1.54) is 12.0 Å². The van der Waals surface area contributed by atoms with Crippen LogP contribution in [0.4, 0.5) is 5.82 Å². The van der Waals surface area contributed by atoms with E-state index >= 15 is 0 Å². The zero-order valence-electron chi connectivity index (χ0n) is 10.5. The predicted molar refractivity (Wildman–Crippen MR) is 74.5 cm³/mol. The number of aromatic nitrogens is 4. The summed E-state index contributed by atoms with van der Waals surface area (Å²) in [6.45, 7) is 5.86. The van der Waals surface area contributed by atoms with Gasteiger partial charge in [0.25, 0.3) is 0 Å². The summed E-state index contributed by atoms with van der Waals surface area (Å²) in [5.74, 6) is 0.832. The molecule has 0 fully saturated rings. The van der Waals surface area contributed by atoms with Crippen LogP contribution in [-0.4, -0.2) is 26.3 Å². The van der Waals surface area contributed by atoms with E-state index in [-0.39, 0.29) is 0 Å². The third kappa shape index (κ3) is 3.29. The van der Waals surface area contributed by atoms with Gasteiger partial charge >= 0.3 is 0 Å². The van der Waals surface area contributed by atoms with E-state index in [0.29, 0.717) is 0 Å². The van der Waals surface area contributed by atoms with Crippen LogP contribution in [0.25, 0.3) is 0 Å². The highest BCUT2D eigenvalue weighted by Crippen LogP contribution is 2.16. The maximum Gasteiger partial charge on any atom is 0.143 e. The molecule has 2 rings (SSSR count). The molecule has 2 aromatic rings. The molecule has 0 aliphatic heterocycles. The first-order valence-electron chi connectivity index (χ1n) is 5.87. The summed E-state index contributed by atoms with van der Waals surface area (Å²) in [5.41, 5.74) is 2.27. The molecule has 2 aromatic heterocycles. The summed E-state index contributed by atoms with van der Waals surface area (Å²) >= 11 is 3.40. The third-order valence-electron chi connectivity index (χ3n) is 2.61. The minimum atomic E-state index is 0.832. The molecular formula is C12H16BrN5. The maximum atomic E-state index is 4.43. The third-order valence-corrected chi connectivity index (χ3v) is 3.19. The Morgan fingerprint density at radius 3 is 2.89 bits per heavy atom. The molecule has 2 heterocycles. The van der Waals surface area contributed by atoms with Crippen LogP contribution in [0.2, 0.25) is 0 Å². The van der Waals surface area contributed by atoms with Gasteiger partial charge in [-0.1, -0.05) is 0 Å². The van der Waals surface area contributed by atoms with Gasteiger partial charge in [-0.25, -0.2) is 9.97 Å². The largest absolute Gasteiger partial charge is 0.369 e. The standard InChI is InChI=1S/C12H16BrN5/c1-9-6-10(2)18(17-9)5-3-4-15-12-11(13)7-14-8-16-12/h6-8H,3-5H2,1-2H3,(H,14,15,16). The normalized spacial score (nSPS) is 10.6. The smallest absolute Gasteiger partial charge is 0.143 e. The highest BCUT2D eigenvalue weighted by Gasteiger charge is 2.02. The van der Waals surface area contributed by atoms with Crippen molar-refractivity contribution in [2.45, 2.75) is 26.8 Å². The summed E-state index contributed by atoms with van der Waals surface area (Å²) < 4.78 is 2.92. The minimum absolute atomic E-state index is 0.832. The number of anilines is 1. The van der Waals surface area contributed by atoms with E-state index in [0.717, 1.165) is 35.5 Å². The highest BCUT2D eigenvalue weighted by molar-refractivity contribution is 9.10. The molecule has 0 amide bonds. The Morgan fingerprint density at radius 1 is 1.39 bits per heavy atom. The van der Waals surface area contributed by atoms with Gasteiger partial charge < -0.3 is 5.32 Å². The van der Waals surface area contributed by atoms with Gasteiger partial charge in [-0.3, -0.25) is 4.68 Å². The first-order valence-corrected chi connectivity index (χ1v) is 6.66. The lowest BCUT2D eigenvalue weighted by Crippen LogP contribution is -2.10. The van der Waals surface area contributed by atoms with E-state index in [4.69, 9.17) is 0 Å². The lowest BCUT2D eigenvalue weighted by molar-refractivity contribution is 0.573. The van der Waals surface area contributed by atoms with Gasteiger partial charge in [-0.15, -0.1) is 0 Å². The Balaban J connectivity index is 1.80. The summed E-state index contributed by atoms with van der Waals surface area (Å²) in [7, 11) is 0. The minimum Gasteiger partial charge on any atom is -0.369 e. The zero-order valence-corrected chi connectivity index (χ0v) is 12.1. The van der Waals surface area contributed by atoms with Crippen LogP contribution in [0.5, 0.6) is 0 Å². The van der Waals surface area contributed by atoms with E-state index in [9.17, 15) is 0 Å². The molecule has 0 spiro atoms. The quantitative estimate of drug-likeness (QED) is 0.862. The fourth-order valence-corrected chi connectivity index (χ4v) is 2.14. The average Bonchev–Trinajstić information content (AvgIpc) is 2.65. The second-order valence-corrected chi connectivity index (χ2v) is 5.00. The average molecular weight is 310 g/mol. The number of hydrogen-bond donors (Lipinski definition) is 1. The molecule has 0 saturated heterocycles. The molecule has 0 saturated carbocycles. The van der Waals surface area contributed by atoms with Gasteiger partial charge in [0.1, 0.15) is 12.1 Å². The van der Waals surface area contributed by atoms with Crippen molar-refractivity contribution in [3.05, 3.63) is 34.5 Å². The summed E-state index contributed by atoms with van der Waals surface area (Å²) in [4.78, 5) is 8.08. The molecule has 18 heavy (non-hydrogen) atoms. The molecule has 0 aromatic carbocycles. The van der Waals surface area contributed by atoms with Gasteiger partial charge in [0.15, 0.2) is 0 Å². The van der Waals surface area contributed by atoms with Crippen LogP contribution < -0.4 is 5.32 Å². The van der Waals surface area contributed by atoms with Crippen molar-refractivity contribution in [3.63, 3.8) is 0 Å². The summed E-state index contributed by atoms with van der Waals surface area (Å²) in [5, 5.41) is 7.70. The second-order valence-electron chi connectivity index (χ2n) is 4.15. The van der Waals surface area contributed by atoms with Crippen LogP contribution in [0.1, 0.15) is 17.8 Å². The topological polar surface area (TPSA) is 55.6 Å². The molecule has 0 atom stereocenters. The van der Waals surface area contributed by atoms with Crippen LogP contribution in [0, 0.1) is 13.8 Å². The lowest BCUT2D eigenvalue weighted by Gasteiger charge is -2.07. The van der Waals surface area contributed by atoms with Crippen molar-refractivity contribution in [2.75, 3.05) is 11.9 Å². The van der Waals surface area contributed by atoms with Crippen LogP contribution >= 0.6 is 15.9 Å². The molecule has 6 heteroatoms. The van der Waals surface area contributed by atoms with Crippen LogP contribution in [-0.2, 0) is 6.54 Å². The molecule has 0 aliphatic carbocycles. The molecule has 0 radical (unpaired) electrons. The van der Waals surface area contributed by atoms with Gasteiger partial charge in [-0.05, 0) is 42.3 Å². The molecule has 5 nitrogen and oxygen atoms in total. The predicted octanol–water partition coefficient (Wildman–Crippen LogP) is 2.55. The summed E-state index contributed by atoms with van der Waals surface area (Å²) in [6.07, 6.45) is 4.27. The molecule has 96 valence electrons. The molecule has 0 bridgehead atoms. The zero-order chi connectivity index (χ0) is 13.0. The molecule has 0 unspecified atom stereocenters. The highest BCUT2D eigenvalue weighted by atomic mass is 79.9. The Hall–Kier alpha value is -1.43. The number of halogens is 1. The Kier molecular flexibility index (Phi) is 4.30. The first-order chi connectivity index (χ1) is 8.66. The monoisotopic (exact) mass is 309 g/mol. The fourth-order valence-electron chi connectivity index (χ4n) is 1.78. The molecule has 1 N–H and O–H groups in total. The maximum absolute atomic E-state index is 4.43. The van der Waals surface area contributed by atoms with Crippen LogP contribution in [0.3, 0.4) is 0 Å². The van der Waals surface area contributed by atoms with Crippen molar-refractivity contribution in [3.8, 4) is 0 Å². The number of rotatable bonds is 5. The van der Waals surface area contributed by atoms with Gasteiger partial charge in [-0.2, -0.15) is 5.10 Å². The van der Waals surface area contributed by atoms with E-state index < -0.39 is 0 Å². The van der Waals surface area contributed by atoms with E-state index in [1.54, 1.807) is 6.20 Å². The van der Waals surface area contributed by atoms with Gasteiger partial charge in [0, 0.05) is 25.0 Å². The first kappa shape index (κ1) is 13.0. The van der Waals surface area contributed by atoms with Gasteiger partial charge in [0.2, 0.25) is 0 Å². The Labute approximate surface area is 115 Å². The van der Waals surface area contributed by atoms with Crippen molar-refractivity contribution in [2.24, 2.45) is 0 Å². The molecular weight excluding hydrogens is 294 g/mol.